The van der Waals surface area contributed by atoms with E-state index in [1.165, 1.54) is 34.2 Å². The van der Waals surface area contributed by atoms with Crippen molar-refractivity contribution in [1.82, 2.24) is 14.9 Å². The molecular weight excluding hydrogens is 408 g/mol. The molecule has 2 aromatic heterocycles. The summed E-state index contributed by atoms with van der Waals surface area (Å²) < 4.78 is 5.51. The molecule has 1 aliphatic heterocycles. The summed E-state index contributed by atoms with van der Waals surface area (Å²) in [6, 6.07) is 10.5. The number of aliphatic hydroxyl groups is 1. The first-order valence-corrected chi connectivity index (χ1v) is 12.1. The second-order valence-electron chi connectivity index (χ2n) is 8.37. The third-order valence-electron chi connectivity index (χ3n) is 6.20. The summed E-state index contributed by atoms with van der Waals surface area (Å²) in [7, 11) is 0. The summed E-state index contributed by atoms with van der Waals surface area (Å²) in [4.78, 5) is 17.3. The van der Waals surface area contributed by atoms with E-state index < -0.39 is 0 Å². The minimum absolute atomic E-state index is 0.101. The number of anilines is 1. The molecule has 0 amide bonds. The Labute approximate surface area is 187 Å². The maximum absolute atomic E-state index is 9.86. The quantitative estimate of drug-likeness (QED) is 0.610. The van der Waals surface area contributed by atoms with Gasteiger partial charge in [0.2, 0.25) is 0 Å². The molecular formula is C24H30N4O2S. The number of hydrogen-bond donors (Lipinski definition) is 1. The molecule has 3 heterocycles. The lowest BCUT2D eigenvalue weighted by Gasteiger charge is -2.27. The molecule has 1 aromatic carbocycles. The Hall–Kier alpha value is -2.06. The number of morpholine rings is 1. The largest absolute Gasteiger partial charge is 0.395 e. The maximum atomic E-state index is 9.86. The monoisotopic (exact) mass is 438 g/mol. The summed E-state index contributed by atoms with van der Waals surface area (Å²) >= 11 is 1.85. The summed E-state index contributed by atoms with van der Waals surface area (Å²) in [5.74, 6) is 1.87. The number of aromatic nitrogens is 2. The number of ether oxygens (including phenoxy) is 1. The average molecular weight is 439 g/mol. The van der Waals surface area contributed by atoms with Crippen molar-refractivity contribution < 1.29 is 9.84 Å². The van der Waals surface area contributed by atoms with E-state index in [-0.39, 0.29) is 6.61 Å². The van der Waals surface area contributed by atoms with E-state index in [0.717, 1.165) is 68.7 Å². The van der Waals surface area contributed by atoms with Crippen molar-refractivity contribution in [3.8, 4) is 0 Å². The van der Waals surface area contributed by atoms with Gasteiger partial charge in [0.25, 0.3) is 0 Å². The number of benzene rings is 1. The number of aliphatic hydroxyl groups excluding tert-OH is 1. The number of rotatable bonds is 7. The first-order valence-electron chi connectivity index (χ1n) is 11.3. The van der Waals surface area contributed by atoms with Crippen LogP contribution in [0, 0.1) is 0 Å². The molecule has 0 bridgehead atoms. The first-order chi connectivity index (χ1) is 15.3. The summed E-state index contributed by atoms with van der Waals surface area (Å²) in [6.07, 6.45) is 4.74. The Kier molecular flexibility index (Phi) is 6.45. The molecule has 0 radical (unpaired) electrons. The molecule has 7 heteroatoms. The van der Waals surface area contributed by atoms with E-state index >= 15 is 0 Å². The van der Waals surface area contributed by atoms with Crippen LogP contribution in [-0.2, 0) is 30.7 Å². The zero-order valence-electron chi connectivity index (χ0n) is 17.9. The minimum Gasteiger partial charge on any atom is -0.395 e. The number of aryl methyl sites for hydroxylation is 2. The first kappa shape index (κ1) is 20.8. The highest BCUT2D eigenvalue weighted by Crippen LogP contribution is 2.40. The van der Waals surface area contributed by atoms with Gasteiger partial charge in [-0.2, -0.15) is 0 Å². The molecule has 1 saturated heterocycles. The van der Waals surface area contributed by atoms with Crippen LogP contribution in [0.3, 0.4) is 0 Å². The van der Waals surface area contributed by atoms with E-state index in [0.29, 0.717) is 6.54 Å². The molecule has 1 fully saturated rings. The van der Waals surface area contributed by atoms with Gasteiger partial charge in [-0.1, -0.05) is 30.3 Å². The van der Waals surface area contributed by atoms with Crippen LogP contribution in [0.4, 0.5) is 5.82 Å². The van der Waals surface area contributed by atoms with Crippen molar-refractivity contribution in [3.63, 3.8) is 0 Å². The van der Waals surface area contributed by atoms with Gasteiger partial charge in [0.1, 0.15) is 16.5 Å². The van der Waals surface area contributed by atoms with Gasteiger partial charge in [-0.15, -0.1) is 11.3 Å². The fraction of sp³-hybridized carbons (Fsp3) is 0.500. The van der Waals surface area contributed by atoms with E-state index in [9.17, 15) is 5.11 Å². The lowest BCUT2D eigenvalue weighted by Crippen LogP contribution is -2.36. The molecule has 0 spiro atoms. The molecule has 31 heavy (non-hydrogen) atoms. The van der Waals surface area contributed by atoms with Crippen LogP contribution in [0.2, 0.25) is 0 Å². The van der Waals surface area contributed by atoms with Crippen LogP contribution >= 0.6 is 11.3 Å². The van der Waals surface area contributed by atoms with Crippen molar-refractivity contribution in [2.45, 2.75) is 38.8 Å². The van der Waals surface area contributed by atoms with Crippen molar-refractivity contribution in [2.75, 3.05) is 44.4 Å². The predicted molar refractivity (Wildman–Crippen MR) is 125 cm³/mol. The zero-order chi connectivity index (χ0) is 21.0. The van der Waals surface area contributed by atoms with Gasteiger partial charge in [-0.05, 0) is 36.8 Å². The molecule has 0 atom stereocenters. The molecule has 3 aromatic rings. The SMILES string of the molecule is OCCN(Cc1ccccc1)c1nc(CN2CCOCC2)nc2sc3c(c12)CCCC3. The molecule has 1 aliphatic carbocycles. The standard InChI is InChI=1S/C24H30N4O2S/c29-13-10-28(16-18-6-2-1-3-7-18)23-22-19-8-4-5-9-20(19)31-24(22)26-21(25-23)17-27-11-14-30-15-12-27/h1-3,6-7,29H,4-5,8-17H2. The van der Waals surface area contributed by atoms with Gasteiger partial charge >= 0.3 is 0 Å². The zero-order valence-corrected chi connectivity index (χ0v) is 18.7. The molecule has 1 N–H and O–H groups in total. The minimum atomic E-state index is 0.101. The molecule has 164 valence electrons. The van der Waals surface area contributed by atoms with Crippen LogP contribution in [-0.4, -0.2) is 59.4 Å². The van der Waals surface area contributed by atoms with Gasteiger partial charge in [-0.25, -0.2) is 9.97 Å². The van der Waals surface area contributed by atoms with Crippen LogP contribution in [0.15, 0.2) is 30.3 Å². The van der Waals surface area contributed by atoms with Gasteiger partial charge in [0.15, 0.2) is 0 Å². The van der Waals surface area contributed by atoms with Gasteiger partial charge < -0.3 is 14.7 Å². The second kappa shape index (κ2) is 9.61. The van der Waals surface area contributed by atoms with Gasteiger partial charge in [-0.3, -0.25) is 4.90 Å². The number of fused-ring (bicyclic) bond motifs is 3. The van der Waals surface area contributed by atoms with E-state index in [4.69, 9.17) is 14.7 Å². The number of thiophene rings is 1. The molecule has 0 unspecified atom stereocenters. The normalized spacial score (nSPS) is 17.1. The summed E-state index contributed by atoms with van der Waals surface area (Å²) in [5.41, 5.74) is 2.66. The topological polar surface area (TPSA) is 61.7 Å². The lowest BCUT2D eigenvalue weighted by atomic mass is 9.97. The van der Waals surface area contributed by atoms with Crippen LogP contribution < -0.4 is 4.90 Å². The smallest absolute Gasteiger partial charge is 0.146 e. The molecule has 0 saturated carbocycles. The summed E-state index contributed by atoms with van der Waals surface area (Å²) in [5, 5.41) is 11.1. The van der Waals surface area contributed by atoms with Crippen molar-refractivity contribution in [3.05, 3.63) is 52.2 Å². The van der Waals surface area contributed by atoms with Gasteiger partial charge in [0, 0.05) is 31.1 Å². The molecule has 2 aliphatic rings. The van der Waals surface area contributed by atoms with E-state index in [2.05, 4.69) is 34.1 Å². The molecule has 5 rings (SSSR count). The Morgan fingerprint density at radius 3 is 2.68 bits per heavy atom. The Morgan fingerprint density at radius 1 is 1.06 bits per heavy atom. The highest BCUT2D eigenvalue weighted by molar-refractivity contribution is 7.19. The van der Waals surface area contributed by atoms with Crippen molar-refractivity contribution in [2.24, 2.45) is 0 Å². The predicted octanol–water partition coefficient (Wildman–Crippen LogP) is 3.40. The highest BCUT2D eigenvalue weighted by atomic mass is 32.1. The average Bonchev–Trinajstić information content (AvgIpc) is 3.18. The fourth-order valence-corrected chi connectivity index (χ4v) is 5.90. The van der Waals surface area contributed by atoms with E-state index in [1.54, 1.807) is 0 Å². The Bertz CT molecular complexity index is 1020. The lowest BCUT2D eigenvalue weighted by molar-refractivity contribution is 0.0331. The van der Waals surface area contributed by atoms with Crippen LogP contribution in [0.5, 0.6) is 0 Å². The number of hydrogen-bond acceptors (Lipinski definition) is 7. The summed E-state index contributed by atoms with van der Waals surface area (Å²) in [6.45, 7) is 5.51. The van der Waals surface area contributed by atoms with Gasteiger partial charge in [0.05, 0.1) is 31.8 Å². The van der Waals surface area contributed by atoms with E-state index in [1.807, 2.05) is 17.4 Å². The third kappa shape index (κ3) is 4.60. The number of nitrogens with zero attached hydrogens (tertiary/aromatic N) is 4. The third-order valence-corrected chi connectivity index (χ3v) is 7.38. The maximum Gasteiger partial charge on any atom is 0.146 e. The van der Waals surface area contributed by atoms with Crippen LogP contribution in [0.1, 0.15) is 34.7 Å². The highest BCUT2D eigenvalue weighted by Gasteiger charge is 2.24. The van der Waals surface area contributed by atoms with Crippen molar-refractivity contribution in [1.29, 1.82) is 0 Å². The van der Waals surface area contributed by atoms with Crippen LogP contribution in [0.25, 0.3) is 10.2 Å². The second-order valence-corrected chi connectivity index (χ2v) is 9.46. The Balaban J connectivity index is 1.57. The Morgan fingerprint density at radius 2 is 1.87 bits per heavy atom. The fourth-order valence-electron chi connectivity index (χ4n) is 4.62. The van der Waals surface area contributed by atoms with Crippen molar-refractivity contribution >= 4 is 27.4 Å². The molecule has 6 nitrogen and oxygen atoms in total.